The maximum Gasteiger partial charge on any atom is 0.327 e. The average molecular weight is 231 g/mol. The molecule has 0 bridgehead atoms. The molecule has 0 aliphatic rings. The van der Waals surface area contributed by atoms with Crippen molar-refractivity contribution in [3.05, 3.63) is 54.6 Å². The lowest BCUT2D eigenvalue weighted by molar-refractivity contribution is 0.218. The SMILES string of the molecule is O=C(NC(CO)c1ccccc1)n1ccnc1. The van der Waals surface area contributed by atoms with Crippen LogP contribution in [0.1, 0.15) is 11.6 Å². The highest BCUT2D eigenvalue weighted by atomic mass is 16.3. The molecule has 0 aliphatic carbocycles. The van der Waals surface area contributed by atoms with Gasteiger partial charge in [-0.15, -0.1) is 0 Å². The second-order valence-corrected chi connectivity index (χ2v) is 3.57. The van der Waals surface area contributed by atoms with Crippen molar-refractivity contribution >= 4 is 6.03 Å². The molecule has 5 heteroatoms. The molecule has 88 valence electrons. The standard InChI is InChI=1S/C12H13N3O2/c16-8-11(10-4-2-1-3-5-10)14-12(17)15-7-6-13-9-15/h1-7,9,11,16H,8H2,(H,14,17). The summed E-state index contributed by atoms with van der Waals surface area (Å²) in [7, 11) is 0. The van der Waals surface area contributed by atoms with Crippen molar-refractivity contribution in [3.63, 3.8) is 0 Å². The highest BCUT2D eigenvalue weighted by Crippen LogP contribution is 2.11. The average Bonchev–Trinajstić information content (AvgIpc) is 2.90. The third-order valence-electron chi connectivity index (χ3n) is 2.42. The number of aliphatic hydroxyl groups excluding tert-OH is 1. The molecule has 0 aliphatic heterocycles. The van der Waals surface area contributed by atoms with Crippen molar-refractivity contribution in [2.75, 3.05) is 6.61 Å². The third-order valence-corrected chi connectivity index (χ3v) is 2.42. The van der Waals surface area contributed by atoms with Crippen molar-refractivity contribution in [1.82, 2.24) is 14.9 Å². The Balaban J connectivity index is 2.09. The zero-order chi connectivity index (χ0) is 12.1. The van der Waals surface area contributed by atoms with E-state index in [0.29, 0.717) is 0 Å². The number of amides is 1. The van der Waals surface area contributed by atoms with Gasteiger partial charge in [0, 0.05) is 12.4 Å². The van der Waals surface area contributed by atoms with Gasteiger partial charge in [0.15, 0.2) is 0 Å². The largest absolute Gasteiger partial charge is 0.394 e. The molecule has 0 fully saturated rings. The van der Waals surface area contributed by atoms with E-state index in [1.165, 1.54) is 17.1 Å². The van der Waals surface area contributed by atoms with Gasteiger partial charge in [-0.05, 0) is 5.56 Å². The van der Waals surface area contributed by atoms with Gasteiger partial charge in [0.05, 0.1) is 12.6 Å². The van der Waals surface area contributed by atoms with Gasteiger partial charge in [-0.3, -0.25) is 4.57 Å². The Bertz CT molecular complexity index is 468. The molecule has 1 amide bonds. The van der Waals surface area contributed by atoms with Crippen molar-refractivity contribution in [2.45, 2.75) is 6.04 Å². The van der Waals surface area contributed by atoms with E-state index in [1.807, 2.05) is 30.3 Å². The van der Waals surface area contributed by atoms with Crippen molar-refractivity contribution in [3.8, 4) is 0 Å². The molecule has 1 heterocycles. The first-order chi connectivity index (χ1) is 8.31. The van der Waals surface area contributed by atoms with Crippen LogP contribution in [0.25, 0.3) is 0 Å². The minimum atomic E-state index is -0.411. The van der Waals surface area contributed by atoms with Crippen LogP contribution in [0.15, 0.2) is 49.1 Å². The summed E-state index contributed by atoms with van der Waals surface area (Å²) in [5.41, 5.74) is 0.864. The van der Waals surface area contributed by atoms with Gasteiger partial charge in [0.25, 0.3) is 0 Å². The minimum Gasteiger partial charge on any atom is -0.394 e. The molecule has 2 rings (SSSR count). The second-order valence-electron chi connectivity index (χ2n) is 3.57. The Kier molecular flexibility index (Phi) is 3.52. The first-order valence-electron chi connectivity index (χ1n) is 5.26. The topological polar surface area (TPSA) is 67.2 Å². The highest BCUT2D eigenvalue weighted by molar-refractivity contribution is 5.76. The maximum atomic E-state index is 11.7. The first-order valence-corrected chi connectivity index (χ1v) is 5.26. The number of aliphatic hydroxyl groups is 1. The predicted octanol–water partition coefficient (Wildman–Crippen LogP) is 1.17. The van der Waals surface area contributed by atoms with Crippen LogP contribution in [0.3, 0.4) is 0 Å². The molecular weight excluding hydrogens is 218 g/mol. The first kappa shape index (κ1) is 11.3. The van der Waals surface area contributed by atoms with Crippen LogP contribution in [0, 0.1) is 0 Å². The van der Waals surface area contributed by atoms with Crippen LogP contribution in [-0.4, -0.2) is 27.3 Å². The molecule has 0 spiro atoms. The van der Waals surface area contributed by atoms with Gasteiger partial charge in [-0.1, -0.05) is 30.3 Å². The van der Waals surface area contributed by atoms with Crippen molar-refractivity contribution in [1.29, 1.82) is 0 Å². The van der Waals surface area contributed by atoms with Gasteiger partial charge in [-0.25, -0.2) is 9.78 Å². The number of imidazole rings is 1. The summed E-state index contributed by atoms with van der Waals surface area (Å²) in [4.78, 5) is 15.5. The Hall–Kier alpha value is -2.14. The lowest BCUT2D eigenvalue weighted by Crippen LogP contribution is -2.33. The van der Waals surface area contributed by atoms with Crippen LogP contribution in [-0.2, 0) is 0 Å². The Morgan fingerprint density at radius 1 is 1.41 bits per heavy atom. The molecule has 1 aromatic heterocycles. The number of carbonyl (C=O) groups is 1. The maximum absolute atomic E-state index is 11.7. The zero-order valence-corrected chi connectivity index (χ0v) is 9.15. The van der Waals surface area contributed by atoms with Crippen molar-refractivity contribution in [2.24, 2.45) is 0 Å². The molecule has 0 saturated heterocycles. The van der Waals surface area contributed by atoms with Crippen LogP contribution in [0.4, 0.5) is 4.79 Å². The fraction of sp³-hybridized carbons (Fsp3) is 0.167. The minimum absolute atomic E-state index is 0.148. The van der Waals surface area contributed by atoms with Crippen LogP contribution < -0.4 is 5.32 Å². The van der Waals surface area contributed by atoms with Gasteiger partial charge < -0.3 is 10.4 Å². The van der Waals surface area contributed by atoms with E-state index in [0.717, 1.165) is 5.56 Å². The molecule has 1 unspecified atom stereocenters. The van der Waals surface area contributed by atoms with E-state index in [-0.39, 0.29) is 12.6 Å². The lowest BCUT2D eigenvalue weighted by atomic mass is 10.1. The van der Waals surface area contributed by atoms with Gasteiger partial charge in [0.2, 0.25) is 0 Å². The normalized spacial score (nSPS) is 12.1. The second kappa shape index (κ2) is 5.27. The summed E-state index contributed by atoms with van der Waals surface area (Å²) in [6, 6.07) is 8.60. The van der Waals surface area contributed by atoms with E-state index in [9.17, 15) is 9.90 Å². The van der Waals surface area contributed by atoms with E-state index in [1.54, 1.807) is 6.20 Å². The summed E-state index contributed by atoms with van der Waals surface area (Å²) >= 11 is 0. The Labute approximate surface area is 98.7 Å². The Morgan fingerprint density at radius 3 is 2.76 bits per heavy atom. The smallest absolute Gasteiger partial charge is 0.327 e. The number of hydrogen-bond acceptors (Lipinski definition) is 3. The van der Waals surface area contributed by atoms with Crippen LogP contribution in [0.2, 0.25) is 0 Å². The van der Waals surface area contributed by atoms with Gasteiger partial charge >= 0.3 is 6.03 Å². The number of nitrogens with zero attached hydrogens (tertiary/aromatic N) is 2. The molecule has 2 aromatic rings. The molecule has 1 atom stereocenters. The lowest BCUT2D eigenvalue weighted by Gasteiger charge is -2.16. The molecule has 0 radical (unpaired) electrons. The third kappa shape index (κ3) is 2.70. The fourth-order valence-corrected chi connectivity index (χ4v) is 1.52. The predicted molar refractivity (Wildman–Crippen MR) is 62.4 cm³/mol. The Morgan fingerprint density at radius 2 is 2.18 bits per heavy atom. The molecule has 0 saturated carbocycles. The number of rotatable bonds is 3. The summed E-state index contributed by atoms with van der Waals surface area (Å²) in [6.07, 6.45) is 4.49. The molecule has 5 nitrogen and oxygen atoms in total. The number of nitrogens with one attached hydrogen (secondary N) is 1. The number of carbonyl (C=O) groups excluding carboxylic acids is 1. The van der Waals surface area contributed by atoms with Crippen molar-refractivity contribution < 1.29 is 9.90 Å². The summed E-state index contributed by atoms with van der Waals surface area (Å²) < 4.78 is 1.32. The number of aromatic nitrogens is 2. The van der Waals surface area contributed by atoms with Crippen LogP contribution in [0.5, 0.6) is 0 Å². The van der Waals surface area contributed by atoms with Crippen LogP contribution >= 0.6 is 0 Å². The fourth-order valence-electron chi connectivity index (χ4n) is 1.52. The zero-order valence-electron chi connectivity index (χ0n) is 9.15. The van der Waals surface area contributed by atoms with E-state index in [2.05, 4.69) is 10.3 Å². The highest BCUT2D eigenvalue weighted by Gasteiger charge is 2.13. The van der Waals surface area contributed by atoms with Gasteiger partial charge in [-0.2, -0.15) is 0 Å². The van der Waals surface area contributed by atoms with E-state index in [4.69, 9.17) is 0 Å². The molecule has 1 aromatic carbocycles. The van der Waals surface area contributed by atoms with E-state index < -0.39 is 6.04 Å². The molecular formula is C12H13N3O2. The number of benzene rings is 1. The van der Waals surface area contributed by atoms with Gasteiger partial charge in [0.1, 0.15) is 6.33 Å². The molecule has 2 N–H and O–H groups in total. The summed E-state index contributed by atoms with van der Waals surface area (Å²) in [6.45, 7) is -0.148. The van der Waals surface area contributed by atoms with E-state index >= 15 is 0 Å². The monoisotopic (exact) mass is 231 g/mol. The quantitative estimate of drug-likeness (QED) is 0.833. The molecule has 17 heavy (non-hydrogen) atoms. The summed E-state index contributed by atoms with van der Waals surface area (Å²) in [5.74, 6) is 0. The summed E-state index contributed by atoms with van der Waals surface area (Å²) in [5, 5.41) is 12.0. The number of hydrogen-bond donors (Lipinski definition) is 2.